The summed E-state index contributed by atoms with van der Waals surface area (Å²) in [7, 11) is -3.60. The van der Waals surface area contributed by atoms with Crippen LogP contribution in [0.1, 0.15) is 31.4 Å². The first-order valence-electron chi connectivity index (χ1n) is 10.3. The predicted octanol–water partition coefficient (Wildman–Crippen LogP) is 3.99. The molecule has 0 bridgehead atoms. The maximum Gasteiger partial charge on any atom is 0.240 e. The number of carbonyl (C=O) groups is 1. The van der Waals surface area contributed by atoms with Gasteiger partial charge in [-0.2, -0.15) is 11.8 Å². The SMILES string of the molecule is Cc1ccccc1CSCCCNC(=O)CN(c1ccc(OC(C)C)cc1)S(C)(=O)=O. The molecule has 0 aliphatic carbocycles. The summed E-state index contributed by atoms with van der Waals surface area (Å²) >= 11 is 1.82. The zero-order valence-corrected chi connectivity index (χ0v) is 20.3. The van der Waals surface area contributed by atoms with Crippen molar-refractivity contribution in [1.29, 1.82) is 0 Å². The largest absolute Gasteiger partial charge is 0.491 e. The van der Waals surface area contributed by atoms with Gasteiger partial charge in [-0.15, -0.1) is 0 Å². The van der Waals surface area contributed by atoms with E-state index >= 15 is 0 Å². The smallest absolute Gasteiger partial charge is 0.240 e. The Morgan fingerprint density at radius 1 is 1.13 bits per heavy atom. The number of aryl methyl sites for hydroxylation is 1. The molecule has 170 valence electrons. The van der Waals surface area contributed by atoms with Crippen molar-refractivity contribution in [3.8, 4) is 5.75 Å². The minimum Gasteiger partial charge on any atom is -0.491 e. The van der Waals surface area contributed by atoms with Crippen LogP contribution in [0.4, 0.5) is 5.69 Å². The van der Waals surface area contributed by atoms with Crippen LogP contribution in [0.3, 0.4) is 0 Å². The first-order valence-corrected chi connectivity index (χ1v) is 13.3. The second-order valence-corrected chi connectivity index (χ2v) is 10.6. The van der Waals surface area contributed by atoms with E-state index in [0.717, 1.165) is 28.5 Å². The number of nitrogens with one attached hydrogen (secondary N) is 1. The minimum atomic E-state index is -3.60. The Kier molecular flexibility index (Phi) is 9.71. The van der Waals surface area contributed by atoms with Crippen molar-refractivity contribution in [3.05, 3.63) is 59.7 Å². The molecule has 0 unspecified atom stereocenters. The molecule has 0 atom stereocenters. The molecule has 0 saturated heterocycles. The van der Waals surface area contributed by atoms with Gasteiger partial charge in [0.2, 0.25) is 15.9 Å². The lowest BCUT2D eigenvalue weighted by Crippen LogP contribution is -2.40. The summed E-state index contributed by atoms with van der Waals surface area (Å²) in [5.74, 6) is 2.19. The fourth-order valence-corrected chi connectivity index (χ4v) is 4.80. The summed E-state index contributed by atoms with van der Waals surface area (Å²) in [5, 5.41) is 2.82. The molecule has 0 aromatic heterocycles. The molecule has 0 saturated carbocycles. The van der Waals surface area contributed by atoms with Crippen LogP contribution in [0.25, 0.3) is 0 Å². The highest BCUT2D eigenvalue weighted by atomic mass is 32.2. The van der Waals surface area contributed by atoms with E-state index in [4.69, 9.17) is 4.74 Å². The summed E-state index contributed by atoms with van der Waals surface area (Å²) in [6, 6.07) is 15.0. The number of nitrogens with zero attached hydrogens (tertiary/aromatic N) is 1. The van der Waals surface area contributed by atoms with Crippen molar-refractivity contribution >= 4 is 33.4 Å². The highest BCUT2D eigenvalue weighted by Crippen LogP contribution is 2.22. The third-order valence-corrected chi connectivity index (χ3v) is 6.72. The van der Waals surface area contributed by atoms with Crippen LogP contribution in [0.2, 0.25) is 0 Å². The fourth-order valence-electron chi connectivity index (χ4n) is 2.91. The van der Waals surface area contributed by atoms with Gasteiger partial charge in [-0.1, -0.05) is 24.3 Å². The van der Waals surface area contributed by atoms with Crippen LogP contribution in [0.5, 0.6) is 5.75 Å². The highest BCUT2D eigenvalue weighted by molar-refractivity contribution is 7.98. The van der Waals surface area contributed by atoms with E-state index in [1.54, 1.807) is 24.3 Å². The van der Waals surface area contributed by atoms with Crippen molar-refractivity contribution in [3.63, 3.8) is 0 Å². The monoisotopic (exact) mass is 464 g/mol. The molecule has 0 radical (unpaired) electrons. The molecule has 0 aliphatic rings. The molecule has 2 aromatic rings. The lowest BCUT2D eigenvalue weighted by molar-refractivity contribution is -0.119. The number of anilines is 1. The third kappa shape index (κ3) is 8.83. The molecule has 2 rings (SSSR count). The number of hydrogen-bond donors (Lipinski definition) is 1. The predicted molar refractivity (Wildman–Crippen MR) is 129 cm³/mol. The van der Waals surface area contributed by atoms with Crippen LogP contribution in [0, 0.1) is 6.92 Å². The molecular formula is C23H32N2O4S2. The number of sulfonamides is 1. The third-order valence-electron chi connectivity index (χ3n) is 4.49. The van der Waals surface area contributed by atoms with Crippen molar-refractivity contribution < 1.29 is 17.9 Å². The Labute approximate surface area is 190 Å². The molecule has 2 aromatic carbocycles. The quantitative estimate of drug-likeness (QED) is 0.481. The number of ether oxygens (including phenoxy) is 1. The van der Waals surface area contributed by atoms with Crippen LogP contribution in [0.15, 0.2) is 48.5 Å². The fraction of sp³-hybridized carbons (Fsp3) is 0.435. The molecule has 0 spiro atoms. The van der Waals surface area contributed by atoms with Crippen molar-refractivity contribution in [2.45, 2.75) is 39.0 Å². The number of benzene rings is 2. The number of rotatable bonds is 12. The summed E-state index contributed by atoms with van der Waals surface area (Å²) < 4.78 is 31.1. The number of carbonyl (C=O) groups excluding carboxylic acids is 1. The normalized spacial score (nSPS) is 11.4. The molecule has 6 nitrogen and oxygen atoms in total. The number of hydrogen-bond acceptors (Lipinski definition) is 5. The van der Waals surface area contributed by atoms with Gasteiger partial charge in [-0.05, 0) is 68.3 Å². The summed E-state index contributed by atoms with van der Waals surface area (Å²) in [6.07, 6.45) is 1.95. The molecule has 1 amide bonds. The molecule has 8 heteroatoms. The van der Waals surface area contributed by atoms with Gasteiger partial charge in [0.05, 0.1) is 18.0 Å². The van der Waals surface area contributed by atoms with Gasteiger partial charge in [0.25, 0.3) is 0 Å². The van der Waals surface area contributed by atoms with E-state index in [9.17, 15) is 13.2 Å². The van der Waals surface area contributed by atoms with Crippen molar-refractivity contribution in [2.24, 2.45) is 0 Å². The van der Waals surface area contributed by atoms with Crippen molar-refractivity contribution in [2.75, 3.05) is 29.4 Å². The average Bonchev–Trinajstić information content (AvgIpc) is 2.69. The highest BCUT2D eigenvalue weighted by Gasteiger charge is 2.20. The molecule has 1 N–H and O–H groups in total. The second-order valence-electron chi connectivity index (χ2n) is 7.61. The summed E-state index contributed by atoms with van der Waals surface area (Å²) in [4.78, 5) is 12.3. The zero-order chi connectivity index (χ0) is 22.9. The minimum absolute atomic E-state index is 0.0255. The number of thioether (sulfide) groups is 1. The van der Waals surface area contributed by atoms with Crippen LogP contribution in [-0.4, -0.2) is 45.5 Å². The lowest BCUT2D eigenvalue weighted by atomic mass is 10.1. The Morgan fingerprint density at radius 2 is 1.81 bits per heavy atom. The van der Waals surface area contributed by atoms with Gasteiger partial charge < -0.3 is 10.1 Å². The topological polar surface area (TPSA) is 75.7 Å². The molecule has 0 fully saturated rings. The molecule has 31 heavy (non-hydrogen) atoms. The lowest BCUT2D eigenvalue weighted by Gasteiger charge is -2.22. The average molecular weight is 465 g/mol. The van der Waals surface area contributed by atoms with E-state index in [-0.39, 0.29) is 18.6 Å². The van der Waals surface area contributed by atoms with Crippen LogP contribution in [-0.2, 0) is 20.6 Å². The molecule has 0 aliphatic heterocycles. The van der Waals surface area contributed by atoms with Gasteiger partial charge in [-0.25, -0.2) is 8.42 Å². The Balaban J connectivity index is 1.80. The van der Waals surface area contributed by atoms with E-state index in [1.807, 2.05) is 37.7 Å². The first kappa shape index (κ1) is 25.1. The van der Waals surface area contributed by atoms with Gasteiger partial charge >= 0.3 is 0 Å². The van der Waals surface area contributed by atoms with Crippen LogP contribution < -0.4 is 14.4 Å². The van der Waals surface area contributed by atoms with Gasteiger partial charge in [0.15, 0.2) is 0 Å². The second kappa shape index (κ2) is 12.0. The van der Waals surface area contributed by atoms with E-state index in [1.165, 1.54) is 11.1 Å². The first-order chi connectivity index (χ1) is 14.7. The van der Waals surface area contributed by atoms with Gasteiger partial charge in [0, 0.05) is 12.3 Å². The zero-order valence-electron chi connectivity index (χ0n) is 18.6. The van der Waals surface area contributed by atoms with Gasteiger partial charge in [0.1, 0.15) is 12.3 Å². The van der Waals surface area contributed by atoms with Crippen LogP contribution >= 0.6 is 11.8 Å². The molecule has 0 heterocycles. The van der Waals surface area contributed by atoms with E-state index in [2.05, 4.69) is 24.4 Å². The van der Waals surface area contributed by atoms with E-state index in [0.29, 0.717) is 18.0 Å². The molecular weight excluding hydrogens is 432 g/mol. The maximum atomic E-state index is 12.3. The number of amides is 1. The summed E-state index contributed by atoms with van der Waals surface area (Å²) in [6.45, 7) is 6.21. The maximum absolute atomic E-state index is 12.3. The summed E-state index contributed by atoms with van der Waals surface area (Å²) in [5.41, 5.74) is 3.04. The Bertz CT molecular complexity index is 944. The van der Waals surface area contributed by atoms with Gasteiger partial charge in [-0.3, -0.25) is 9.10 Å². The van der Waals surface area contributed by atoms with E-state index < -0.39 is 10.0 Å². The van der Waals surface area contributed by atoms with Crippen molar-refractivity contribution in [1.82, 2.24) is 5.32 Å². The Morgan fingerprint density at radius 3 is 2.42 bits per heavy atom. The standard InChI is InChI=1S/C23H32N2O4S2/c1-18(2)29-22-12-10-21(11-13-22)25(31(4,27)28)16-23(26)24-14-7-15-30-17-20-9-6-5-8-19(20)3/h5-6,8-13,18H,7,14-17H2,1-4H3,(H,24,26). The Hall–Kier alpha value is -2.19.